The Morgan fingerprint density at radius 3 is 2.85 bits per heavy atom. The van der Waals surface area contributed by atoms with E-state index in [1.807, 2.05) is 0 Å². The first-order valence-corrected chi connectivity index (χ1v) is 5.57. The van der Waals surface area contributed by atoms with E-state index in [4.69, 9.17) is 4.74 Å². The lowest BCUT2D eigenvalue weighted by molar-refractivity contribution is 0.184. The monoisotopic (exact) mass is 185 g/mol. The Kier molecular flexibility index (Phi) is 5.40. The van der Waals surface area contributed by atoms with Crippen molar-refractivity contribution in [1.29, 1.82) is 0 Å². The van der Waals surface area contributed by atoms with Gasteiger partial charge in [-0.1, -0.05) is 13.8 Å². The maximum Gasteiger partial charge on any atom is 0.0495 e. The quantitative estimate of drug-likeness (QED) is 0.639. The van der Waals surface area contributed by atoms with Crippen molar-refractivity contribution in [3.8, 4) is 0 Å². The zero-order valence-corrected chi connectivity index (χ0v) is 9.01. The summed E-state index contributed by atoms with van der Waals surface area (Å²) >= 11 is 0. The van der Waals surface area contributed by atoms with Crippen LogP contribution in [-0.4, -0.2) is 26.3 Å². The Hall–Kier alpha value is -0.0800. The van der Waals surface area contributed by atoms with Crippen molar-refractivity contribution in [2.45, 2.75) is 33.1 Å². The van der Waals surface area contributed by atoms with Gasteiger partial charge in [-0.25, -0.2) is 0 Å². The van der Waals surface area contributed by atoms with E-state index in [1.165, 1.54) is 32.4 Å². The molecule has 2 heteroatoms. The Bertz CT molecular complexity index is 119. The second kappa shape index (κ2) is 6.39. The summed E-state index contributed by atoms with van der Waals surface area (Å²) in [4.78, 5) is 0. The third-order valence-electron chi connectivity index (χ3n) is 2.65. The molecule has 0 aromatic heterocycles. The fraction of sp³-hybridized carbons (Fsp3) is 1.00. The molecule has 1 fully saturated rings. The Morgan fingerprint density at radius 1 is 1.38 bits per heavy atom. The Labute approximate surface area is 82.0 Å². The summed E-state index contributed by atoms with van der Waals surface area (Å²) in [5.74, 6) is 1.65. The van der Waals surface area contributed by atoms with Crippen LogP contribution in [0, 0.1) is 11.8 Å². The molecule has 1 N–H and O–H groups in total. The third kappa shape index (κ3) is 5.27. The van der Waals surface area contributed by atoms with Crippen LogP contribution in [0.3, 0.4) is 0 Å². The molecule has 0 radical (unpaired) electrons. The maximum atomic E-state index is 5.32. The molecule has 1 atom stereocenters. The summed E-state index contributed by atoms with van der Waals surface area (Å²) < 4.78 is 5.32. The fourth-order valence-corrected chi connectivity index (χ4v) is 1.63. The van der Waals surface area contributed by atoms with Gasteiger partial charge in [-0.05, 0) is 44.2 Å². The molecule has 0 bridgehead atoms. The van der Waals surface area contributed by atoms with Crippen LogP contribution in [0.4, 0.5) is 0 Å². The van der Waals surface area contributed by atoms with Gasteiger partial charge in [0, 0.05) is 13.2 Å². The van der Waals surface area contributed by atoms with E-state index in [0.717, 1.165) is 25.0 Å². The summed E-state index contributed by atoms with van der Waals surface area (Å²) in [6, 6.07) is 0. The van der Waals surface area contributed by atoms with Crippen molar-refractivity contribution >= 4 is 0 Å². The predicted octanol–water partition coefficient (Wildman–Crippen LogP) is 2.05. The molecule has 1 rings (SSSR count). The van der Waals surface area contributed by atoms with Gasteiger partial charge < -0.3 is 10.1 Å². The van der Waals surface area contributed by atoms with Gasteiger partial charge in [0.25, 0.3) is 0 Å². The van der Waals surface area contributed by atoms with Gasteiger partial charge in [-0.3, -0.25) is 0 Å². The standard InChI is InChI=1S/C11H23NO/c1-10(2)3-6-12-7-4-11-5-8-13-9-11/h10-12H,3-9H2,1-2H3. The summed E-state index contributed by atoms with van der Waals surface area (Å²) in [5, 5.41) is 3.49. The van der Waals surface area contributed by atoms with Gasteiger partial charge in [-0.15, -0.1) is 0 Å². The van der Waals surface area contributed by atoms with E-state index in [2.05, 4.69) is 19.2 Å². The molecule has 0 aromatic rings. The van der Waals surface area contributed by atoms with Crippen molar-refractivity contribution in [2.24, 2.45) is 11.8 Å². The topological polar surface area (TPSA) is 21.3 Å². The average Bonchev–Trinajstić information content (AvgIpc) is 2.55. The molecule has 0 spiro atoms. The summed E-state index contributed by atoms with van der Waals surface area (Å²) in [7, 11) is 0. The normalized spacial score (nSPS) is 22.8. The van der Waals surface area contributed by atoms with Gasteiger partial charge >= 0.3 is 0 Å². The van der Waals surface area contributed by atoms with Crippen LogP contribution in [0.2, 0.25) is 0 Å². The lowest BCUT2D eigenvalue weighted by Gasteiger charge is -2.09. The molecule has 2 nitrogen and oxygen atoms in total. The molecular formula is C11H23NO. The highest BCUT2D eigenvalue weighted by Gasteiger charge is 2.14. The highest BCUT2D eigenvalue weighted by Crippen LogP contribution is 2.15. The third-order valence-corrected chi connectivity index (χ3v) is 2.65. The van der Waals surface area contributed by atoms with E-state index in [0.29, 0.717) is 0 Å². The van der Waals surface area contributed by atoms with Crippen molar-refractivity contribution in [3.05, 3.63) is 0 Å². The summed E-state index contributed by atoms with van der Waals surface area (Å²) in [5.41, 5.74) is 0. The molecule has 1 unspecified atom stereocenters. The van der Waals surface area contributed by atoms with Gasteiger partial charge in [0.05, 0.1) is 0 Å². The molecule has 13 heavy (non-hydrogen) atoms. The second-order valence-corrected chi connectivity index (χ2v) is 4.45. The van der Waals surface area contributed by atoms with Crippen LogP contribution in [0.25, 0.3) is 0 Å². The lowest BCUT2D eigenvalue weighted by Crippen LogP contribution is -2.20. The lowest BCUT2D eigenvalue weighted by atomic mass is 10.1. The first-order valence-electron chi connectivity index (χ1n) is 5.57. The number of ether oxygens (including phenoxy) is 1. The largest absolute Gasteiger partial charge is 0.381 e. The second-order valence-electron chi connectivity index (χ2n) is 4.45. The fourth-order valence-electron chi connectivity index (χ4n) is 1.63. The number of hydrogen-bond donors (Lipinski definition) is 1. The first-order chi connectivity index (χ1) is 6.29. The molecule has 1 aliphatic rings. The first kappa shape index (κ1) is 11.0. The van der Waals surface area contributed by atoms with E-state index >= 15 is 0 Å². The molecule has 1 saturated heterocycles. The van der Waals surface area contributed by atoms with Crippen LogP contribution >= 0.6 is 0 Å². The van der Waals surface area contributed by atoms with Gasteiger partial charge in [0.2, 0.25) is 0 Å². The number of nitrogens with one attached hydrogen (secondary N) is 1. The number of rotatable bonds is 6. The SMILES string of the molecule is CC(C)CCNCCC1CCOC1. The Balaban J connectivity index is 1.83. The van der Waals surface area contributed by atoms with Crippen LogP contribution < -0.4 is 5.32 Å². The Morgan fingerprint density at radius 2 is 2.23 bits per heavy atom. The van der Waals surface area contributed by atoms with Crippen molar-refractivity contribution in [2.75, 3.05) is 26.3 Å². The minimum Gasteiger partial charge on any atom is -0.381 e. The molecule has 0 amide bonds. The van der Waals surface area contributed by atoms with Crippen LogP contribution in [0.5, 0.6) is 0 Å². The van der Waals surface area contributed by atoms with E-state index in [1.54, 1.807) is 0 Å². The zero-order chi connectivity index (χ0) is 9.52. The maximum absolute atomic E-state index is 5.32. The summed E-state index contributed by atoms with van der Waals surface area (Å²) in [6.07, 6.45) is 3.85. The molecule has 78 valence electrons. The van der Waals surface area contributed by atoms with E-state index in [-0.39, 0.29) is 0 Å². The van der Waals surface area contributed by atoms with Crippen molar-refractivity contribution < 1.29 is 4.74 Å². The zero-order valence-electron chi connectivity index (χ0n) is 9.01. The van der Waals surface area contributed by atoms with Crippen LogP contribution in [0.1, 0.15) is 33.1 Å². The van der Waals surface area contributed by atoms with E-state index < -0.39 is 0 Å². The van der Waals surface area contributed by atoms with Gasteiger partial charge in [0.1, 0.15) is 0 Å². The van der Waals surface area contributed by atoms with Crippen molar-refractivity contribution in [1.82, 2.24) is 5.32 Å². The molecule has 0 aromatic carbocycles. The predicted molar refractivity (Wildman–Crippen MR) is 55.9 cm³/mol. The van der Waals surface area contributed by atoms with E-state index in [9.17, 15) is 0 Å². The van der Waals surface area contributed by atoms with Gasteiger partial charge in [-0.2, -0.15) is 0 Å². The smallest absolute Gasteiger partial charge is 0.0495 e. The molecule has 0 saturated carbocycles. The minimum absolute atomic E-state index is 0.822. The van der Waals surface area contributed by atoms with Gasteiger partial charge in [0.15, 0.2) is 0 Å². The molecule has 1 heterocycles. The summed E-state index contributed by atoms with van der Waals surface area (Å²) in [6.45, 7) is 8.85. The number of hydrogen-bond acceptors (Lipinski definition) is 2. The average molecular weight is 185 g/mol. The molecule has 1 aliphatic heterocycles. The molecular weight excluding hydrogens is 162 g/mol. The highest BCUT2D eigenvalue weighted by atomic mass is 16.5. The molecule has 0 aliphatic carbocycles. The minimum atomic E-state index is 0.822. The highest BCUT2D eigenvalue weighted by molar-refractivity contribution is 4.65. The van der Waals surface area contributed by atoms with Crippen LogP contribution in [0.15, 0.2) is 0 Å². The van der Waals surface area contributed by atoms with Crippen molar-refractivity contribution in [3.63, 3.8) is 0 Å². The van der Waals surface area contributed by atoms with Crippen LogP contribution in [-0.2, 0) is 4.74 Å².